The number of carbonyl (C=O) groups excluding carboxylic acids is 2. The van der Waals surface area contributed by atoms with Gasteiger partial charge in [0.1, 0.15) is 24.0 Å². The van der Waals surface area contributed by atoms with Crippen LogP contribution in [-0.4, -0.2) is 44.2 Å². The maximum atomic E-state index is 13.5. The van der Waals surface area contributed by atoms with E-state index < -0.39 is 23.5 Å². The van der Waals surface area contributed by atoms with Gasteiger partial charge in [-0.05, 0) is 23.8 Å². The summed E-state index contributed by atoms with van der Waals surface area (Å²) in [5.74, 6) is -1.02. The van der Waals surface area contributed by atoms with E-state index in [0.29, 0.717) is 36.0 Å². The zero-order chi connectivity index (χ0) is 26.3. The molecule has 0 aromatic heterocycles. The molecule has 0 aliphatic carbocycles. The van der Waals surface area contributed by atoms with E-state index in [1.165, 1.54) is 25.2 Å². The predicted molar refractivity (Wildman–Crippen MR) is 138 cm³/mol. The largest absolute Gasteiger partial charge is 0.507 e. The Morgan fingerprint density at radius 2 is 1.62 bits per heavy atom. The fraction of sp³-hybridized carbons (Fsp3) is 0.185. The molecule has 190 valence electrons. The van der Waals surface area contributed by atoms with Gasteiger partial charge >= 0.3 is 0 Å². The minimum absolute atomic E-state index is 0.0105. The highest BCUT2D eigenvalue weighted by Crippen LogP contribution is 2.48. The first-order valence-corrected chi connectivity index (χ1v) is 12.0. The molecule has 1 saturated heterocycles. The topological polar surface area (TPSA) is 94.5 Å². The summed E-state index contributed by atoms with van der Waals surface area (Å²) in [5.41, 5.74) is 0.890. The number of halogens is 2. The van der Waals surface area contributed by atoms with Crippen molar-refractivity contribution >= 4 is 46.3 Å². The van der Waals surface area contributed by atoms with Crippen LogP contribution in [0.15, 0.2) is 60.2 Å². The van der Waals surface area contributed by atoms with Crippen LogP contribution in [0, 0.1) is 0 Å². The summed E-state index contributed by atoms with van der Waals surface area (Å²) in [6.45, 7) is 0.770. The molecule has 37 heavy (non-hydrogen) atoms. The third-order valence-corrected chi connectivity index (χ3v) is 6.78. The van der Waals surface area contributed by atoms with Crippen molar-refractivity contribution in [3.05, 3.63) is 81.3 Å². The number of fused-ring (bicyclic) bond motifs is 1. The van der Waals surface area contributed by atoms with E-state index in [1.54, 1.807) is 42.5 Å². The van der Waals surface area contributed by atoms with E-state index in [9.17, 15) is 14.7 Å². The number of anilines is 1. The Hall–Kier alpha value is -3.88. The first kappa shape index (κ1) is 24.8. The molecule has 0 spiro atoms. The Morgan fingerprint density at radius 1 is 0.946 bits per heavy atom. The fourth-order valence-corrected chi connectivity index (χ4v) is 5.21. The van der Waals surface area contributed by atoms with Gasteiger partial charge < -0.3 is 24.1 Å². The Bertz CT molecular complexity index is 1440. The average Bonchev–Trinajstić information content (AvgIpc) is 3.18. The van der Waals surface area contributed by atoms with Gasteiger partial charge in [0.25, 0.3) is 11.7 Å². The van der Waals surface area contributed by atoms with Crippen LogP contribution < -0.4 is 23.8 Å². The molecule has 1 atom stereocenters. The quantitative estimate of drug-likeness (QED) is 0.262. The number of carbonyl (C=O) groups is 2. The maximum Gasteiger partial charge on any atom is 0.300 e. The van der Waals surface area contributed by atoms with Gasteiger partial charge in [-0.1, -0.05) is 53.5 Å². The van der Waals surface area contributed by atoms with Gasteiger partial charge in [0, 0.05) is 11.8 Å². The van der Waals surface area contributed by atoms with Crippen LogP contribution in [-0.2, 0) is 9.59 Å². The van der Waals surface area contributed by atoms with Crippen LogP contribution >= 0.6 is 23.2 Å². The van der Waals surface area contributed by atoms with Crippen LogP contribution in [0.2, 0.25) is 10.0 Å². The number of hydrogen-bond donors (Lipinski definition) is 1. The Balaban J connectivity index is 1.74. The average molecular weight is 542 g/mol. The van der Waals surface area contributed by atoms with Gasteiger partial charge in [0.05, 0.1) is 36.4 Å². The van der Waals surface area contributed by atoms with Crippen molar-refractivity contribution in [3.8, 4) is 23.0 Å². The number of aliphatic hydroxyl groups excluding tert-OH is 1. The molecule has 2 aliphatic rings. The van der Waals surface area contributed by atoms with Crippen molar-refractivity contribution in [2.24, 2.45) is 0 Å². The first-order valence-electron chi connectivity index (χ1n) is 11.2. The smallest absolute Gasteiger partial charge is 0.300 e. The number of ether oxygens (including phenoxy) is 4. The molecule has 2 heterocycles. The van der Waals surface area contributed by atoms with E-state index in [0.717, 1.165) is 0 Å². The number of aliphatic hydroxyl groups is 1. The number of hydrogen-bond acceptors (Lipinski definition) is 7. The molecular weight excluding hydrogens is 521 g/mol. The minimum Gasteiger partial charge on any atom is -0.507 e. The lowest BCUT2D eigenvalue weighted by molar-refractivity contribution is -0.132. The second kappa shape index (κ2) is 9.88. The van der Waals surface area contributed by atoms with E-state index >= 15 is 0 Å². The number of Topliss-reactive ketones (excluding diaryl/α,β-unsaturated/α-hetero) is 1. The predicted octanol–water partition coefficient (Wildman–Crippen LogP) is 5.41. The van der Waals surface area contributed by atoms with E-state index in [-0.39, 0.29) is 32.7 Å². The second-order valence-electron chi connectivity index (χ2n) is 8.19. The summed E-state index contributed by atoms with van der Waals surface area (Å²) < 4.78 is 21.9. The first-order chi connectivity index (χ1) is 17.9. The zero-order valence-corrected chi connectivity index (χ0v) is 21.3. The number of nitrogens with zero attached hydrogens (tertiary/aromatic N) is 1. The van der Waals surface area contributed by atoms with Crippen molar-refractivity contribution in [2.75, 3.05) is 32.3 Å². The highest BCUT2D eigenvalue weighted by atomic mass is 35.5. The Labute approximate surface area is 222 Å². The van der Waals surface area contributed by atoms with Crippen LogP contribution in [0.4, 0.5) is 5.69 Å². The Morgan fingerprint density at radius 3 is 2.30 bits per heavy atom. The summed E-state index contributed by atoms with van der Waals surface area (Å²) in [7, 11) is 2.74. The molecule has 5 rings (SSSR count). The number of amides is 1. The SMILES string of the molecule is COc1c(Cl)cc(/C(O)=C2\C(=O)C(=O)N(c3ccc4c(c3)OCCO4)C2c2ccccc2)c(OC)c1Cl. The summed E-state index contributed by atoms with van der Waals surface area (Å²) in [6, 6.07) is 14.3. The highest BCUT2D eigenvalue weighted by molar-refractivity contribution is 6.52. The van der Waals surface area contributed by atoms with Crippen molar-refractivity contribution < 1.29 is 33.6 Å². The number of ketones is 1. The number of rotatable bonds is 5. The lowest BCUT2D eigenvalue weighted by atomic mass is 9.94. The third-order valence-electron chi connectivity index (χ3n) is 6.16. The number of benzene rings is 3. The van der Waals surface area contributed by atoms with Crippen molar-refractivity contribution in [2.45, 2.75) is 6.04 Å². The van der Waals surface area contributed by atoms with E-state index in [1.807, 2.05) is 6.07 Å². The van der Waals surface area contributed by atoms with Gasteiger partial charge in [0.2, 0.25) is 0 Å². The van der Waals surface area contributed by atoms with E-state index in [4.69, 9.17) is 42.1 Å². The monoisotopic (exact) mass is 541 g/mol. The fourth-order valence-electron chi connectivity index (χ4n) is 4.52. The molecule has 0 bridgehead atoms. The van der Waals surface area contributed by atoms with Crippen molar-refractivity contribution in [3.63, 3.8) is 0 Å². The molecule has 1 amide bonds. The zero-order valence-electron chi connectivity index (χ0n) is 19.8. The van der Waals surface area contributed by atoms with Gasteiger partial charge in [0.15, 0.2) is 23.0 Å². The van der Waals surface area contributed by atoms with Gasteiger partial charge in [-0.3, -0.25) is 14.5 Å². The highest BCUT2D eigenvalue weighted by Gasteiger charge is 2.47. The van der Waals surface area contributed by atoms with Crippen LogP contribution in [0.5, 0.6) is 23.0 Å². The summed E-state index contributed by atoms with van der Waals surface area (Å²) >= 11 is 12.8. The normalized spacial score (nSPS) is 18.2. The third kappa shape index (κ3) is 4.12. The molecule has 8 nitrogen and oxygen atoms in total. The molecule has 1 unspecified atom stereocenters. The van der Waals surface area contributed by atoms with Crippen molar-refractivity contribution in [1.29, 1.82) is 0 Å². The van der Waals surface area contributed by atoms with Crippen LogP contribution in [0.3, 0.4) is 0 Å². The molecule has 0 radical (unpaired) electrons. The lowest BCUT2D eigenvalue weighted by Crippen LogP contribution is -2.29. The number of methoxy groups -OCH3 is 2. The molecule has 3 aromatic rings. The maximum absolute atomic E-state index is 13.5. The molecule has 1 N–H and O–H groups in total. The van der Waals surface area contributed by atoms with Crippen LogP contribution in [0.1, 0.15) is 17.2 Å². The molecular formula is C27H21Cl2NO7. The summed E-state index contributed by atoms with van der Waals surface area (Å²) in [6.07, 6.45) is 0. The molecule has 3 aromatic carbocycles. The Kier molecular flexibility index (Phi) is 6.62. The van der Waals surface area contributed by atoms with Gasteiger partial charge in [-0.2, -0.15) is 0 Å². The molecule has 1 fully saturated rings. The van der Waals surface area contributed by atoms with Crippen LogP contribution in [0.25, 0.3) is 5.76 Å². The standard InChI is InChI=1S/C27H21Cl2NO7/c1-34-25-16(13-17(28)26(35-2)21(25)29)23(31)20-22(14-6-4-3-5-7-14)30(27(33)24(20)32)15-8-9-18-19(12-15)37-11-10-36-18/h3-9,12-13,22,31H,10-11H2,1-2H3/b23-20+. The second-order valence-corrected chi connectivity index (χ2v) is 8.98. The molecule has 0 saturated carbocycles. The van der Waals surface area contributed by atoms with Gasteiger partial charge in [-0.25, -0.2) is 0 Å². The molecule has 10 heteroatoms. The lowest BCUT2D eigenvalue weighted by Gasteiger charge is -2.27. The summed E-state index contributed by atoms with van der Waals surface area (Å²) in [4.78, 5) is 28.2. The minimum atomic E-state index is -0.965. The van der Waals surface area contributed by atoms with Crippen molar-refractivity contribution in [1.82, 2.24) is 0 Å². The summed E-state index contributed by atoms with van der Waals surface area (Å²) in [5, 5.41) is 11.6. The molecule has 2 aliphatic heterocycles. The van der Waals surface area contributed by atoms with E-state index in [2.05, 4.69) is 0 Å². The van der Waals surface area contributed by atoms with Gasteiger partial charge in [-0.15, -0.1) is 0 Å².